The molecule has 11 heteroatoms. The predicted molar refractivity (Wildman–Crippen MR) is 144 cm³/mol. The lowest BCUT2D eigenvalue weighted by Crippen LogP contribution is -2.53. The number of Topliss-reactive ketones (excluding diaryl/α,β-unsaturated/α-hetero) is 1. The van der Waals surface area contributed by atoms with Gasteiger partial charge >= 0.3 is 0 Å². The van der Waals surface area contributed by atoms with Crippen molar-refractivity contribution in [2.75, 3.05) is 5.73 Å². The first-order valence-electron chi connectivity index (χ1n) is 12.7. The van der Waals surface area contributed by atoms with E-state index in [0.717, 1.165) is 34.7 Å². The number of thiazole rings is 1. The molecule has 0 saturated carbocycles. The molecule has 0 aromatic carbocycles. The Bertz CT molecular complexity index is 1530. The highest BCUT2D eigenvalue weighted by Gasteiger charge is 2.47. The minimum atomic E-state index is -1.42. The number of pyridine rings is 1. The molecule has 4 aromatic heterocycles. The van der Waals surface area contributed by atoms with Crippen LogP contribution in [0.25, 0.3) is 27.5 Å². The van der Waals surface area contributed by atoms with Gasteiger partial charge in [0.1, 0.15) is 16.4 Å². The average Bonchev–Trinajstić information content (AvgIpc) is 3.61. The lowest BCUT2D eigenvalue weighted by Gasteiger charge is -2.41. The highest BCUT2D eigenvalue weighted by molar-refractivity contribution is 7.13. The molecule has 0 unspecified atom stereocenters. The van der Waals surface area contributed by atoms with Gasteiger partial charge in [0.05, 0.1) is 23.1 Å². The summed E-state index contributed by atoms with van der Waals surface area (Å²) >= 11 is 1.53. The number of carbonyl (C=O) groups excluding carboxylic acids is 2. The number of amides is 1. The maximum absolute atomic E-state index is 13.0. The summed E-state index contributed by atoms with van der Waals surface area (Å²) in [6, 6.07) is 3.85. The van der Waals surface area contributed by atoms with Gasteiger partial charge in [0.25, 0.3) is 5.91 Å². The smallest absolute Gasteiger partial charge is 0.254 e. The number of nitrogen functional groups attached to an aromatic ring is 1. The predicted octanol–water partition coefficient (Wildman–Crippen LogP) is 3.71. The number of rotatable bonds is 5. The van der Waals surface area contributed by atoms with Crippen LogP contribution < -0.4 is 5.73 Å². The van der Waals surface area contributed by atoms with Crippen LogP contribution in [0.3, 0.4) is 0 Å². The van der Waals surface area contributed by atoms with Gasteiger partial charge in [0.2, 0.25) is 0 Å². The highest BCUT2D eigenvalue weighted by Crippen LogP contribution is 2.45. The number of hydrogen-bond donors (Lipinski definition) is 2. The van der Waals surface area contributed by atoms with Crippen molar-refractivity contribution in [1.29, 1.82) is 0 Å². The molecule has 10 nitrogen and oxygen atoms in total. The molecule has 6 heterocycles. The standard InChI is InChI=1S/C27H29N7O3S/c1-14(35)21-22(16-10-17-5-6-18(11-16)33(17)26(36)27(2,3)37)32-24-19(13-31-34(24)23(21)28)15-4-7-20(30-12-15)25-29-8-9-38-25/h4,7-9,12-13,16-18,37H,5-6,10-11,28H2,1-3H3/t16-,17+,18-. The highest BCUT2D eigenvalue weighted by atomic mass is 32.1. The molecular formula is C27H29N7O3S. The molecule has 6 rings (SSSR count). The second-order valence-corrected chi connectivity index (χ2v) is 11.6. The van der Waals surface area contributed by atoms with Crippen LogP contribution in [0, 0.1) is 0 Å². The van der Waals surface area contributed by atoms with Crippen molar-refractivity contribution < 1.29 is 14.7 Å². The van der Waals surface area contributed by atoms with Crippen molar-refractivity contribution in [3.8, 4) is 21.8 Å². The summed E-state index contributed by atoms with van der Waals surface area (Å²) in [5.41, 5.74) is 9.12. The van der Waals surface area contributed by atoms with Crippen molar-refractivity contribution in [3.63, 3.8) is 0 Å². The third-order valence-electron chi connectivity index (χ3n) is 7.67. The SMILES string of the molecule is CC(=O)c1c([C@H]2C[C@H]3CC[C@@H](C2)N3C(=O)C(C)(C)O)nc2c(-c3ccc(-c4nccs4)nc3)cnn2c1N. The number of nitrogens with two attached hydrogens (primary N) is 1. The fraction of sp³-hybridized carbons (Fsp3) is 0.407. The van der Waals surface area contributed by atoms with Gasteiger partial charge in [-0.1, -0.05) is 6.07 Å². The van der Waals surface area contributed by atoms with E-state index in [0.29, 0.717) is 29.7 Å². The van der Waals surface area contributed by atoms with E-state index in [9.17, 15) is 14.7 Å². The molecule has 3 N–H and O–H groups in total. The molecule has 2 saturated heterocycles. The molecule has 3 atom stereocenters. The molecule has 2 bridgehead atoms. The van der Waals surface area contributed by atoms with Gasteiger partial charge < -0.3 is 15.7 Å². The van der Waals surface area contributed by atoms with Crippen LogP contribution in [-0.2, 0) is 4.79 Å². The van der Waals surface area contributed by atoms with E-state index in [4.69, 9.17) is 10.7 Å². The first kappa shape index (κ1) is 24.6. The number of aliphatic hydroxyl groups is 1. The van der Waals surface area contributed by atoms with Crippen molar-refractivity contribution in [2.24, 2.45) is 0 Å². The maximum atomic E-state index is 13.0. The summed E-state index contributed by atoms with van der Waals surface area (Å²) in [4.78, 5) is 41.5. The van der Waals surface area contributed by atoms with Gasteiger partial charge in [-0.25, -0.2) is 9.97 Å². The third-order valence-corrected chi connectivity index (χ3v) is 8.46. The number of fused-ring (bicyclic) bond motifs is 3. The van der Waals surface area contributed by atoms with Crippen molar-refractivity contribution in [3.05, 3.63) is 47.4 Å². The van der Waals surface area contributed by atoms with Gasteiger partial charge in [-0.15, -0.1) is 11.3 Å². The van der Waals surface area contributed by atoms with Crippen LogP contribution in [-0.4, -0.2) is 63.9 Å². The van der Waals surface area contributed by atoms with Gasteiger partial charge in [0.15, 0.2) is 11.4 Å². The molecule has 2 aliphatic rings. The van der Waals surface area contributed by atoms with Crippen LogP contribution >= 0.6 is 11.3 Å². The molecular weight excluding hydrogens is 502 g/mol. The Kier molecular flexibility index (Phi) is 5.80. The zero-order valence-electron chi connectivity index (χ0n) is 21.5. The number of nitrogens with zero attached hydrogens (tertiary/aromatic N) is 6. The Morgan fingerprint density at radius 2 is 1.87 bits per heavy atom. The average molecular weight is 532 g/mol. The summed E-state index contributed by atoms with van der Waals surface area (Å²) in [6.07, 6.45) is 8.27. The summed E-state index contributed by atoms with van der Waals surface area (Å²) in [7, 11) is 0. The minimum absolute atomic E-state index is 0.0104. The van der Waals surface area contributed by atoms with E-state index in [1.165, 1.54) is 36.6 Å². The van der Waals surface area contributed by atoms with E-state index < -0.39 is 5.60 Å². The van der Waals surface area contributed by atoms with Crippen LogP contribution in [0.2, 0.25) is 0 Å². The Hall–Kier alpha value is -3.70. The molecule has 0 radical (unpaired) electrons. The number of piperidine rings is 1. The second kappa shape index (κ2) is 8.95. The van der Waals surface area contributed by atoms with E-state index in [-0.39, 0.29) is 35.5 Å². The summed E-state index contributed by atoms with van der Waals surface area (Å²) in [6.45, 7) is 4.56. The van der Waals surface area contributed by atoms with E-state index >= 15 is 0 Å². The summed E-state index contributed by atoms with van der Waals surface area (Å²) in [5.74, 6) is -0.193. The van der Waals surface area contributed by atoms with Crippen LogP contribution in [0.4, 0.5) is 5.82 Å². The first-order valence-corrected chi connectivity index (χ1v) is 13.6. The number of carbonyl (C=O) groups is 2. The van der Waals surface area contributed by atoms with Crippen molar-refractivity contribution in [2.45, 2.75) is 70.1 Å². The van der Waals surface area contributed by atoms with E-state index in [2.05, 4.69) is 15.1 Å². The second-order valence-electron chi connectivity index (χ2n) is 10.7. The van der Waals surface area contributed by atoms with Crippen LogP contribution in [0.5, 0.6) is 0 Å². The monoisotopic (exact) mass is 531 g/mol. The zero-order valence-corrected chi connectivity index (χ0v) is 22.3. The Morgan fingerprint density at radius 3 is 2.45 bits per heavy atom. The molecule has 0 spiro atoms. The Morgan fingerprint density at radius 1 is 1.13 bits per heavy atom. The minimum Gasteiger partial charge on any atom is -0.383 e. The number of aromatic nitrogens is 5. The largest absolute Gasteiger partial charge is 0.383 e. The van der Waals surface area contributed by atoms with Crippen LogP contribution in [0.15, 0.2) is 36.1 Å². The lowest BCUT2D eigenvalue weighted by molar-refractivity contribution is -0.152. The Balaban J connectivity index is 1.40. The zero-order chi connectivity index (χ0) is 26.8. The quantitative estimate of drug-likeness (QED) is 0.372. The topological polar surface area (TPSA) is 140 Å². The molecule has 2 aliphatic heterocycles. The lowest BCUT2D eigenvalue weighted by atomic mass is 9.84. The molecule has 196 valence electrons. The van der Waals surface area contributed by atoms with Gasteiger partial charge in [-0.05, 0) is 52.5 Å². The van der Waals surface area contributed by atoms with Gasteiger partial charge in [0, 0.05) is 46.9 Å². The molecule has 2 fully saturated rings. The Labute approximate surface area is 223 Å². The summed E-state index contributed by atoms with van der Waals surface area (Å²) in [5, 5.41) is 17.6. The van der Waals surface area contributed by atoms with E-state index in [1.807, 2.05) is 22.4 Å². The summed E-state index contributed by atoms with van der Waals surface area (Å²) < 4.78 is 1.52. The first-order chi connectivity index (χ1) is 18.1. The van der Waals surface area contributed by atoms with Gasteiger partial charge in [-0.3, -0.25) is 14.6 Å². The molecule has 0 aliphatic carbocycles. The molecule has 38 heavy (non-hydrogen) atoms. The van der Waals surface area contributed by atoms with Crippen molar-refractivity contribution >= 4 is 34.5 Å². The van der Waals surface area contributed by atoms with E-state index in [1.54, 1.807) is 18.6 Å². The molecule has 1 amide bonds. The number of anilines is 1. The normalized spacial score (nSPS) is 21.3. The fourth-order valence-corrected chi connectivity index (χ4v) is 6.58. The van der Waals surface area contributed by atoms with Gasteiger partial charge in [-0.2, -0.15) is 9.61 Å². The number of ketones is 1. The van der Waals surface area contributed by atoms with Crippen LogP contribution in [0.1, 0.15) is 68.4 Å². The number of hydrogen-bond acceptors (Lipinski definition) is 9. The fourth-order valence-electron chi connectivity index (χ4n) is 5.97. The van der Waals surface area contributed by atoms with Crippen molar-refractivity contribution in [1.82, 2.24) is 29.5 Å². The maximum Gasteiger partial charge on any atom is 0.254 e. The third kappa shape index (κ3) is 3.97. The molecule has 4 aromatic rings.